The number of ether oxygens (including phenoxy) is 1. The van der Waals surface area contributed by atoms with Gasteiger partial charge >= 0.3 is 0 Å². The van der Waals surface area contributed by atoms with Crippen LogP contribution < -0.4 is 4.74 Å². The number of hydrogen-bond acceptors (Lipinski definition) is 3. The average molecular weight is 495 g/mol. The summed E-state index contributed by atoms with van der Waals surface area (Å²) in [6.45, 7) is 0.268. The predicted octanol–water partition coefficient (Wildman–Crippen LogP) is 7.43. The van der Waals surface area contributed by atoms with E-state index in [2.05, 4.69) is 91.0 Å². The first-order chi connectivity index (χ1) is 18.7. The lowest BCUT2D eigenvalue weighted by Gasteiger charge is -2.34. The van der Waals surface area contributed by atoms with Gasteiger partial charge in [0, 0.05) is 0 Å². The molecular weight excluding hydrogens is 468 g/mol. The van der Waals surface area contributed by atoms with Crippen LogP contribution in [0.15, 0.2) is 121 Å². The van der Waals surface area contributed by atoms with Crippen molar-refractivity contribution >= 4 is 21.5 Å². The van der Waals surface area contributed by atoms with Crippen molar-refractivity contribution in [1.82, 2.24) is 0 Å². The van der Waals surface area contributed by atoms with Crippen LogP contribution in [0.1, 0.15) is 22.3 Å². The van der Waals surface area contributed by atoms with E-state index in [4.69, 9.17) is 9.84 Å². The summed E-state index contributed by atoms with van der Waals surface area (Å²) in [5, 5.41) is 23.5. The minimum atomic E-state index is -0.500. The summed E-state index contributed by atoms with van der Waals surface area (Å²) < 4.78 is 5.66. The first-order valence-electron chi connectivity index (χ1n) is 12.9. The Kier molecular flexibility index (Phi) is 5.20. The quantitative estimate of drug-likeness (QED) is 0.262. The van der Waals surface area contributed by atoms with Crippen molar-refractivity contribution in [1.29, 1.82) is 0 Å². The molecule has 0 unspecified atom stereocenters. The minimum absolute atomic E-state index is 0.0102. The van der Waals surface area contributed by atoms with Crippen LogP contribution in [0.5, 0.6) is 11.5 Å². The highest BCUT2D eigenvalue weighted by molar-refractivity contribution is 5.92. The summed E-state index contributed by atoms with van der Waals surface area (Å²) in [6.07, 6.45) is 0. The monoisotopic (exact) mass is 494 g/mol. The number of aliphatic hydroxyl groups is 1. The van der Waals surface area contributed by atoms with Gasteiger partial charge in [-0.15, -0.1) is 0 Å². The molecule has 0 radical (unpaired) electrons. The molecule has 7 rings (SSSR count). The van der Waals surface area contributed by atoms with Gasteiger partial charge in [0.15, 0.2) is 0 Å². The van der Waals surface area contributed by atoms with Crippen molar-refractivity contribution in [2.24, 2.45) is 0 Å². The van der Waals surface area contributed by atoms with E-state index in [1.807, 2.05) is 24.3 Å². The summed E-state index contributed by atoms with van der Waals surface area (Å²) in [6, 6.07) is 42.4. The Bertz CT molecular complexity index is 1790. The number of fused-ring (bicyclic) bond motifs is 5. The maximum Gasteiger partial charge on any atom is 0.120 e. The van der Waals surface area contributed by atoms with Crippen molar-refractivity contribution in [2.45, 2.75) is 5.41 Å². The lowest BCUT2D eigenvalue weighted by molar-refractivity contribution is 0.201. The van der Waals surface area contributed by atoms with E-state index in [9.17, 15) is 5.11 Å². The zero-order valence-corrected chi connectivity index (χ0v) is 20.8. The molecule has 38 heavy (non-hydrogen) atoms. The highest BCUT2D eigenvalue weighted by Crippen LogP contribution is 2.56. The molecule has 0 bridgehead atoms. The van der Waals surface area contributed by atoms with Gasteiger partial charge in [0.1, 0.15) is 18.1 Å². The number of phenolic OH excluding ortho intramolecular Hbond substituents is 1. The first kappa shape index (κ1) is 22.6. The molecular formula is C35H26O3. The smallest absolute Gasteiger partial charge is 0.120 e. The molecule has 0 spiro atoms. The van der Waals surface area contributed by atoms with E-state index in [0.717, 1.165) is 27.3 Å². The van der Waals surface area contributed by atoms with E-state index >= 15 is 0 Å². The fourth-order valence-corrected chi connectivity index (χ4v) is 6.20. The highest BCUT2D eigenvalue weighted by atomic mass is 16.5. The third kappa shape index (κ3) is 3.33. The molecule has 0 atom stereocenters. The van der Waals surface area contributed by atoms with Crippen LogP contribution in [0.2, 0.25) is 0 Å². The van der Waals surface area contributed by atoms with Crippen LogP contribution in [0.4, 0.5) is 0 Å². The molecule has 6 aromatic carbocycles. The predicted molar refractivity (Wildman–Crippen MR) is 153 cm³/mol. The van der Waals surface area contributed by atoms with Crippen LogP contribution in [0, 0.1) is 0 Å². The van der Waals surface area contributed by atoms with E-state index in [-0.39, 0.29) is 19.0 Å². The maximum absolute atomic E-state index is 10.0. The molecule has 1 aliphatic rings. The number of hydrogen-bond donors (Lipinski definition) is 2. The Morgan fingerprint density at radius 1 is 0.553 bits per heavy atom. The molecule has 1 aliphatic carbocycles. The fourth-order valence-electron chi connectivity index (χ4n) is 6.20. The average Bonchev–Trinajstić information content (AvgIpc) is 3.27. The summed E-state index contributed by atoms with van der Waals surface area (Å²) >= 11 is 0. The minimum Gasteiger partial charge on any atom is -0.508 e. The van der Waals surface area contributed by atoms with E-state index in [1.54, 1.807) is 6.07 Å². The van der Waals surface area contributed by atoms with Gasteiger partial charge in [0.25, 0.3) is 0 Å². The zero-order chi connectivity index (χ0) is 25.7. The van der Waals surface area contributed by atoms with Gasteiger partial charge in [0.2, 0.25) is 0 Å². The van der Waals surface area contributed by atoms with Gasteiger partial charge in [-0.25, -0.2) is 0 Å². The van der Waals surface area contributed by atoms with Gasteiger partial charge in [-0.3, -0.25) is 0 Å². The molecule has 2 N–H and O–H groups in total. The van der Waals surface area contributed by atoms with Gasteiger partial charge < -0.3 is 14.9 Å². The molecule has 0 saturated carbocycles. The molecule has 0 saturated heterocycles. The number of benzene rings is 6. The van der Waals surface area contributed by atoms with Crippen LogP contribution in [-0.2, 0) is 5.41 Å². The topological polar surface area (TPSA) is 49.7 Å². The number of aliphatic hydroxyl groups excluding tert-OH is 1. The molecule has 3 nitrogen and oxygen atoms in total. The Morgan fingerprint density at radius 3 is 1.71 bits per heavy atom. The zero-order valence-electron chi connectivity index (χ0n) is 20.8. The van der Waals surface area contributed by atoms with Crippen molar-refractivity contribution < 1.29 is 14.9 Å². The molecule has 6 aromatic rings. The fraction of sp³-hybridized carbons (Fsp3) is 0.0857. The molecule has 0 heterocycles. The number of aromatic hydroxyl groups is 1. The van der Waals surface area contributed by atoms with Crippen molar-refractivity contribution in [3.05, 3.63) is 144 Å². The van der Waals surface area contributed by atoms with Gasteiger partial charge in [0.05, 0.1) is 12.0 Å². The Labute approximate surface area is 221 Å². The lowest BCUT2D eigenvalue weighted by Crippen LogP contribution is -2.28. The summed E-state index contributed by atoms with van der Waals surface area (Å²) in [7, 11) is 0. The SMILES string of the molecule is OCCOc1ccc2cc(C3(c4ccc5cc(O)ccc5c4)c4ccccc4-c4ccccc43)ccc2c1. The summed E-state index contributed by atoms with van der Waals surface area (Å²) in [5.41, 5.74) is 6.92. The second-order valence-corrected chi connectivity index (χ2v) is 9.88. The maximum atomic E-state index is 10.0. The van der Waals surface area contributed by atoms with Crippen LogP contribution >= 0.6 is 0 Å². The Balaban J connectivity index is 1.53. The van der Waals surface area contributed by atoms with E-state index < -0.39 is 5.41 Å². The molecule has 3 heteroatoms. The standard InChI is InChI=1S/C35H26O3/c36-17-18-38-30-16-12-24-20-28(14-10-26(24)22-30)35(27-13-9-25-21-29(37)15-11-23(25)19-27)33-7-3-1-5-31(33)32-6-2-4-8-34(32)35/h1-16,19-22,36-37H,17-18H2. The second-order valence-electron chi connectivity index (χ2n) is 9.88. The molecule has 0 fully saturated rings. The van der Waals surface area contributed by atoms with Gasteiger partial charge in [-0.2, -0.15) is 0 Å². The molecule has 0 amide bonds. The van der Waals surface area contributed by atoms with E-state index in [1.165, 1.54) is 33.4 Å². The van der Waals surface area contributed by atoms with Crippen LogP contribution in [0.25, 0.3) is 32.7 Å². The third-order valence-electron chi connectivity index (χ3n) is 7.81. The van der Waals surface area contributed by atoms with Crippen molar-refractivity contribution in [3.8, 4) is 22.6 Å². The Hall–Kier alpha value is -4.60. The normalized spacial score (nSPS) is 13.4. The highest BCUT2D eigenvalue weighted by Gasteiger charge is 2.46. The third-order valence-corrected chi connectivity index (χ3v) is 7.81. The molecule has 184 valence electrons. The second kappa shape index (κ2) is 8.76. The largest absolute Gasteiger partial charge is 0.508 e. The van der Waals surface area contributed by atoms with Crippen LogP contribution in [0.3, 0.4) is 0 Å². The molecule has 0 aliphatic heterocycles. The lowest BCUT2D eigenvalue weighted by atomic mass is 9.67. The van der Waals surface area contributed by atoms with E-state index in [0.29, 0.717) is 0 Å². The van der Waals surface area contributed by atoms with Crippen molar-refractivity contribution in [2.75, 3.05) is 13.2 Å². The van der Waals surface area contributed by atoms with Crippen LogP contribution in [-0.4, -0.2) is 23.4 Å². The molecule has 0 aromatic heterocycles. The summed E-state index contributed by atoms with van der Waals surface area (Å²) in [5.74, 6) is 1.02. The summed E-state index contributed by atoms with van der Waals surface area (Å²) in [4.78, 5) is 0. The first-order valence-corrected chi connectivity index (χ1v) is 12.9. The number of phenols is 1. The Morgan fingerprint density at radius 2 is 1.08 bits per heavy atom. The number of rotatable bonds is 5. The van der Waals surface area contributed by atoms with Gasteiger partial charge in [-0.05, 0) is 91.3 Å². The van der Waals surface area contributed by atoms with Gasteiger partial charge in [-0.1, -0.05) is 84.9 Å². The van der Waals surface area contributed by atoms with Crippen molar-refractivity contribution in [3.63, 3.8) is 0 Å².